The number of nitrogens with one attached hydrogen (secondary N) is 1. The number of fused-ring (bicyclic) bond motifs is 1. The summed E-state index contributed by atoms with van der Waals surface area (Å²) in [4.78, 5) is 8.61. The van der Waals surface area contributed by atoms with E-state index in [0.717, 1.165) is 16.5 Å². The van der Waals surface area contributed by atoms with Crippen molar-refractivity contribution in [1.29, 1.82) is 0 Å². The SMILES string of the molecule is CS(=O)(=O)c1ccc(Nc2cc3c(Cl)nccc3cn2)cc1. The van der Waals surface area contributed by atoms with Gasteiger partial charge in [-0.3, -0.25) is 0 Å². The van der Waals surface area contributed by atoms with Crippen LogP contribution in [0.3, 0.4) is 0 Å². The van der Waals surface area contributed by atoms with Gasteiger partial charge in [-0.1, -0.05) is 11.6 Å². The van der Waals surface area contributed by atoms with Crippen molar-refractivity contribution in [3.05, 3.63) is 53.9 Å². The van der Waals surface area contributed by atoms with Crippen LogP contribution in [0.4, 0.5) is 11.5 Å². The first-order valence-corrected chi connectivity index (χ1v) is 8.68. The van der Waals surface area contributed by atoms with E-state index in [-0.39, 0.29) is 4.90 Å². The predicted molar refractivity (Wildman–Crippen MR) is 87.4 cm³/mol. The molecule has 0 amide bonds. The Hall–Kier alpha value is -2.18. The van der Waals surface area contributed by atoms with Crippen molar-refractivity contribution >= 4 is 43.7 Å². The van der Waals surface area contributed by atoms with Crippen LogP contribution in [0.1, 0.15) is 0 Å². The molecule has 1 aromatic carbocycles. The van der Waals surface area contributed by atoms with Crippen LogP contribution in [0.2, 0.25) is 5.15 Å². The lowest BCUT2D eigenvalue weighted by Gasteiger charge is -2.08. The normalized spacial score (nSPS) is 11.5. The molecule has 112 valence electrons. The number of hydrogen-bond acceptors (Lipinski definition) is 5. The highest BCUT2D eigenvalue weighted by molar-refractivity contribution is 7.90. The maximum atomic E-state index is 11.4. The van der Waals surface area contributed by atoms with Crippen LogP contribution >= 0.6 is 11.6 Å². The van der Waals surface area contributed by atoms with Gasteiger partial charge in [0, 0.05) is 35.1 Å². The number of rotatable bonds is 3. The largest absolute Gasteiger partial charge is 0.340 e. The number of pyridine rings is 2. The number of benzene rings is 1. The van der Waals surface area contributed by atoms with E-state index in [9.17, 15) is 8.42 Å². The Morgan fingerprint density at radius 1 is 1.09 bits per heavy atom. The summed E-state index contributed by atoms with van der Waals surface area (Å²) in [6.07, 6.45) is 4.51. The highest BCUT2D eigenvalue weighted by Crippen LogP contribution is 2.24. The third kappa shape index (κ3) is 3.03. The second-order valence-electron chi connectivity index (χ2n) is 4.81. The van der Waals surface area contributed by atoms with Gasteiger partial charge < -0.3 is 5.32 Å². The molecule has 0 unspecified atom stereocenters. The van der Waals surface area contributed by atoms with Gasteiger partial charge in [-0.2, -0.15) is 0 Å². The lowest BCUT2D eigenvalue weighted by molar-refractivity contribution is 0.602. The van der Waals surface area contributed by atoms with Gasteiger partial charge in [-0.15, -0.1) is 0 Å². The highest BCUT2D eigenvalue weighted by atomic mass is 35.5. The summed E-state index contributed by atoms with van der Waals surface area (Å²) >= 11 is 6.07. The molecule has 3 aromatic rings. The van der Waals surface area contributed by atoms with Crippen molar-refractivity contribution in [3.8, 4) is 0 Å². The van der Waals surface area contributed by atoms with E-state index in [0.29, 0.717) is 11.0 Å². The van der Waals surface area contributed by atoms with E-state index in [2.05, 4.69) is 15.3 Å². The van der Waals surface area contributed by atoms with Crippen LogP contribution in [-0.2, 0) is 9.84 Å². The topological polar surface area (TPSA) is 72.0 Å². The Balaban J connectivity index is 1.91. The minimum Gasteiger partial charge on any atom is -0.340 e. The van der Waals surface area contributed by atoms with E-state index in [1.54, 1.807) is 42.7 Å². The molecule has 5 nitrogen and oxygen atoms in total. The zero-order valence-corrected chi connectivity index (χ0v) is 13.2. The quantitative estimate of drug-likeness (QED) is 0.743. The second kappa shape index (κ2) is 5.55. The molecule has 0 atom stereocenters. The van der Waals surface area contributed by atoms with Crippen molar-refractivity contribution in [1.82, 2.24) is 9.97 Å². The van der Waals surface area contributed by atoms with Crippen LogP contribution in [0.5, 0.6) is 0 Å². The molecular formula is C15H12ClN3O2S. The van der Waals surface area contributed by atoms with Gasteiger partial charge in [0.25, 0.3) is 0 Å². The van der Waals surface area contributed by atoms with Crippen molar-refractivity contribution in [2.45, 2.75) is 4.90 Å². The van der Waals surface area contributed by atoms with Crippen molar-refractivity contribution in [3.63, 3.8) is 0 Å². The molecule has 3 rings (SSSR count). The molecule has 0 aliphatic heterocycles. The number of sulfone groups is 1. The molecule has 0 aliphatic carbocycles. The minimum atomic E-state index is -3.20. The molecule has 0 radical (unpaired) electrons. The molecule has 0 bridgehead atoms. The fourth-order valence-corrected chi connectivity index (χ4v) is 2.88. The first-order valence-electron chi connectivity index (χ1n) is 6.41. The van der Waals surface area contributed by atoms with Gasteiger partial charge in [0.1, 0.15) is 11.0 Å². The first-order chi connectivity index (χ1) is 10.4. The fourth-order valence-electron chi connectivity index (χ4n) is 2.03. The molecule has 0 aliphatic rings. The zero-order valence-electron chi connectivity index (χ0n) is 11.6. The first kappa shape index (κ1) is 14.7. The Morgan fingerprint density at radius 2 is 1.82 bits per heavy atom. The van der Waals surface area contributed by atoms with Gasteiger partial charge in [0.2, 0.25) is 0 Å². The van der Waals surface area contributed by atoms with Crippen LogP contribution in [0.15, 0.2) is 53.7 Å². The molecule has 22 heavy (non-hydrogen) atoms. The third-order valence-corrected chi connectivity index (χ3v) is 4.58. The summed E-state index contributed by atoms with van der Waals surface area (Å²) in [5.74, 6) is 0.606. The Morgan fingerprint density at radius 3 is 2.50 bits per heavy atom. The predicted octanol–water partition coefficient (Wildman–Crippen LogP) is 3.43. The molecule has 0 saturated carbocycles. The highest BCUT2D eigenvalue weighted by Gasteiger charge is 2.07. The average Bonchev–Trinajstić information content (AvgIpc) is 2.48. The van der Waals surface area contributed by atoms with E-state index < -0.39 is 9.84 Å². The summed E-state index contributed by atoms with van der Waals surface area (Å²) in [6.45, 7) is 0. The number of halogens is 1. The summed E-state index contributed by atoms with van der Waals surface area (Å²) in [6, 6.07) is 10.1. The maximum absolute atomic E-state index is 11.4. The monoisotopic (exact) mass is 333 g/mol. The molecule has 0 saturated heterocycles. The summed E-state index contributed by atoms with van der Waals surface area (Å²) < 4.78 is 22.9. The van der Waals surface area contributed by atoms with E-state index >= 15 is 0 Å². The van der Waals surface area contributed by atoms with Gasteiger partial charge in [-0.05, 0) is 36.4 Å². The van der Waals surface area contributed by atoms with Crippen LogP contribution in [-0.4, -0.2) is 24.6 Å². The van der Waals surface area contributed by atoms with Gasteiger partial charge in [-0.25, -0.2) is 18.4 Å². The molecule has 2 aromatic heterocycles. The number of anilines is 2. The summed E-state index contributed by atoms with van der Waals surface area (Å²) in [5.41, 5.74) is 0.735. The Bertz CT molecular complexity index is 941. The number of nitrogens with zero attached hydrogens (tertiary/aromatic N) is 2. The van der Waals surface area contributed by atoms with Gasteiger partial charge in [0.05, 0.1) is 4.90 Å². The fraction of sp³-hybridized carbons (Fsp3) is 0.0667. The smallest absolute Gasteiger partial charge is 0.175 e. The van der Waals surface area contributed by atoms with E-state index in [1.165, 1.54) is 6.26 Å². The van der Waals surface area contributed by atoms with Gasteiger partial charge >= 0.3 is 0 Å². The molecule has 2 heterocycles. The van der Waals surface area contributed by atoms with Gasteiger partial charge in [0.15, 0.2) is 9.84 Å². The second-order valence-corrected chi connectivity index (χ2v) is 7.19. The summed E-state index contributed by atoms with van der Waals surface area (Å²) in [5, 5.41) is 5.22. The Kier molecular flexibility index (Phi) is 3.72. The zero-order chi connectivity index (χ0) is 15.7. The molecule has 0 fully saturated rings. The van der Waals surface area contributed by atoms with Crippen LogP contribution < -0.4 is 5.32 Å². The summed E-state index contributed by atoms with van der Waals surface area (Å²) in [7, 11) is -3.20. The van der Waals surface area contributed by atoms with Crippen molar-refractivity contribution < 1.29 is 8.42 Å². The van der Waals surface area contributed by atoms with Crippen LogP contribution in [0, 0.1) is 0 Å². The average molecular weight is 334 g/mol. The van der Waals surface area contributed by atoms with Crippen molar-refractivity contribution in [2.75, 3.05) is 11.6 Å². The number of hydrogen-bond donors (Lipinski definition) is 1. The lowest BCUT2D eigenvalue weighted by atomic mass is 10.2. The molecule has 7 heteroatoms. The Labute approximate surface area is 132 Å². The van der Waals surface area contributed by atoms with E-state index in [1.807, 2.05) is 6.07 Å². The van der Waals surface area contributed by atoms with Crippen molar-refractivity contribution in [2.24, 2.45) is 0 Å². The van der Waals surface area contributed by atoms with Crippen LogP contribution in [0.25, 0.3) is 10.8 Å². The number of aromatic nitrogens is 2. The van der Waals surface area contributed by atoms with E-state index in [4.69, 9.17) is 11.6 Å². The third-order valence-electron chi connectivity index (χ3n) is 3.15. The maximum Gasteiger partial charge on any atom is 0.175 e. The molecule has 0 spiro atoms. The lowest BCUT2D eigenvalue weighted by Crippen LogP contribution is -1.98. The molecular weight excluding hydrogens is 322 g/mol. The minimum absolute atomic E-state index is 0.275. The standard InChI is InChI=1S/C15H12ClN3O2S/c1-22(20,21)12-4-2-11(3-5-12)19-14-8-13-10(9-18-14)6-7-17-15(13)16/h2-9H,1H3,(H,18,19). The molecule has 1 N–H and O–H groups in total.